The van der Waals surface area contributed by atoms with Gasteiger partial charge in [-0.1, -0.05) is 65.7 Å². The highest BCUT2D eigenvalue weighted by Gasteiger charge is 2.35. The fourth-order valence-electron chi connectivity index (χ4n) is 4.46. The lowest BCUT2D eigenvalue weighted by Gasteiger charge is -2.29. The Morgan fingerprint density at radius 3 is 2.22 bits per heavy atom. The lowest BCUT2D eigenvalue weighted by molar-refractivity contribution is -0.122. The summed E-state index contributed by atoms with van der Waals surface area (Å²) < 4.78 is 2.09. The number of thiocarbonyl (C=S) groups is 1. The van der Waals surface area contributed by atoms with Crippen molar-refractivity contribution in [3.05, 3.63) is 111 Å². The third-order valence-electron chi connectivity index (χ3n) is 6.26. The number of carbonyl (C=O) groups excluding carboxylic acids is 2. The number of hydrogen-bond acceptors (Lipinski definition) is 3. The molecule has 1 aromatic heterocycles. The zero-order valence-electron chi connectivity index (χ0n) is 20.0. The molecule has 0 radical (unpaired) electrons. The Bertz CT molecular complexity index is 1590. The first-order valence-electron chi connectivity index (χ1n) is 11.5. The summed E-state index contributed by atoms with van der Waals surface area (Å²) in [6.45, 7) is 3.94. The van der Waals surface area contributed by atoms with E-state index in [0.717, 1.165) is 33.8 Å². The van der Waals surface area contributed by atoms with Gasteiger partial charge in [0, 0.05) is 22.1 Å². The van der Waals surface area contributed by atoms with Crippen molar-refractivity contribution in [1.82, 2.24) is 9.88 Å². The van der Waals surface area contributed by atoms with Crippen molar-refractivity contribution in [2.45, 2.75) is 13.8 Å². The van der Waals surface area contributed by atoms with E-state index in [4.69, 9.17) is 35.4 Å². The van der Waals surface area contributed by atoms with Crippen LogP contribution in [0, 0.1) is 13.8 Å². The molecule has 0 atom stereocenters. The second kappa shape index (κ2) is 9.98. The van der Waals surface area contributed by atoms with Gasteiger partial charge < -0.3 is 4.57 Å². The zero-order chi connectivity index (χ0) is 26.3. The van der Waals surface area contributed by atoms with Crippen LogP contribution in [0.5, 0.6) is 0 Å². The molecule has 184 valence electrons. The molecule has 0 saturated carbocycles. The first kappa shape index (κ1) is 25.0. The van der Waals surface area contributed by atoms with E-state index in [1.807, 2.05) is 38.1 Å². The molecule has 1 N–H and O–H groups in total. The molecular formula is C29H21Cl2N3O2S. The van der Waals surface area contributed by atoms with Gasteiger partial charge in [0.15, 0.2) is 5.11 Å². The summed E-state index contributed by atoms with van der Waals surface area (Å²) in [6, 6.07) is 25.1. The van der Waals surface area contributed by atoms with Crippen LogP contribution in [0.15, 0.2) is 84.4 Å². The topological polar surface area (TPSA) is 54.3 Å². The fourth-order valence-corrected chi connectivity index (χ4v) is 5.23. The van der Waals surface area contributed by atoms with E-state index >= 15 is 0 Å². The van der Waals surface area contributed by atoms with Crippen molar-refractivity contribution >= 4 is 64.1 Å². The molecule has 1 aliphatic rings. The van der Waals surface area contributed by atoms with Crippen LogP contribution in [0.4, 0.5) is 5.69 Å². The first-order valence-corrected chi connectivity index (χ1v) is 12.6. The Morgan fingerprint density at radius 2 is 1.54 bits per heavy atom. The molecule has 2 heterocycles. The molecule has 1 aliphatic heterocycles. The number of nitrogens with one attached hydrogen (secondary N) is 1. The monoisotopic (exact) mass is 545 g/mol. The lowest BCUT2D eigenvalue weighted by Crippen LogP contribution is -2.54. The number of hydrogen-bond donors (Lipinski definition) is 1. The quantitative estimate of drug-likeness (QED) is 0.172. The van der Waals surface area contributed by atoms with E-state index in [1.165, 1.54) is 11.0 Å². The highest BCUT2D eigenvalue weighted by Crippen LogP contribution is 2.32. The normalized spacial score (nSPS) is 14.9. The Labute approximate surface area is 229 Å². The van der Waals surface area contributed by atoms with Crippen molar-refractivity contribution in [3.8, 4) is 16.8 Å². The van der Waals surface area contributed by atoms with Gasteiger partial charge in [0.25, 0.3) is 11.8 Å². The maximum atomic E-state index is 13.4. The number of nitrogens with zero attached hydrogens (tertiary/aromatic N) is 2. The Hall–Kier alpha value is -3.71. The molecule has 0 aliphatic carbocycles. The summed E-state index contributed by atoms with van der Waals surface area (Å²) >= 11 is 17.6. The van der Waals surface area contributed by atoms with Gasteiger partial charge >= 0.3 is 0 Å². The SMILES string of the molecule is Cc1cc(/C=C2\C(=O)NC(=S)N(c3ccc(Cl)cc3Cl)C2=O)c(C)n1-c1ccc(-c2ccccc2)cc1. The summed E-state index contributed by atoms with van der Waals surface area (Å²) in [4.78, 5) is 27.5. The van der Waals surface area contributed by atoms with E-state index in [0.29, 0.717) is 10.7 Å². The van der Waals surface area contributed by atoms with E-state index in [1.54, 1.807) is 18.2 Å². The van der Waals surface area contributed by atoms with Crippen LogP contribution >= 0.6 is 35.4 Å². The van der Waals surface area contributed by atoms with Crippen LogP contribution in [0.1, 0.15) is 17.0 Å². The Morgan fingerprint density at radius 1 is 0.865 bits per heavy atom. The minimum absolute atomic E-state index is 0.0413. The average molecular weight is 546 g/mol. The van der Waals surface area contributed by atoms with Crippen LogP contribution in [0.2, 0.25) is 10.0 Å². The van der Waals surface area contributed by atoms with Crippen molar-refractivity contribution < 1.29 is 9.59 Å². The van der Waals surface area contributed by atoms with Crippen LogP contribution in [0.25, 0.3) is 22.9 Å². The molecule has 0 bridgehead atoms. The number of amides is 2. The smallest absolute Gasteiger partial charge is 0.270 e. The molecule has 4 aromatic rings. The molecule has 37 heavy (non-hydrogen) atoms. The van der Waals surface area contributed by atoms with Crippen LogP contribution in [-0.2, 0) is 9.59 Å². The van der Waals surface area contributed by atoms with Gasteiger partial charge in [-0.25, -0.2) is 0 Å². The summed E-state index contributed by atoms with van der Waals surface area (Å²) in [5.41, 5.74) is 6.15. The predicted molar refractivity (Wildman–Crippen MR) is 153 cm³/mol. The second-order valence-corrected chi connectivity index (χ2v) is 9.86. The van der Waals surface area contributed by atoms with Crippen molar-refractivity contribution in [2.75, 3.05) is 4.90 Å². The van der Waals surface area contributed by atoms with Gasteiger partial charge in [-0.05, 0) is 85.2 Å². The number of carbonyl (C=O) groups is 2. The van der Waals surface area contributed by atoms with Gasteiger partial charge in [0.1, 0.15) is 5.57 Å². The van der Waals surface area contributed by atoms with E-state index in [2.05, 4.69) is 46.3 Å². The van der Waals surface area contributed by atoms with Gasteiger partial charge in [0.05, 0.1) is 10.7 Å². The van der Waals surface area contributed by atoms with Crippen LogP contribution in [0.3, 0.4) is 0 Å². The molecule has 0 unspecified atom stereocenters. The molecular weight excluding hydrogens is 525 g/mol. The Balaban J connectivity index is 1.50. The van der Waals surface area contributed by atoms with Gasteiger partial charge in [-0.15, -0.1) is 0 Å². The van der Waals surface area contributed by atoms with E-state index < -0.39 is 11.8 Å². The Kier molecular flexibility index (Phi) is 6.73. The van der Waals surface area contributed by atoms with Crippen molar-refractivity contribution in [2.24, 2.45) is 0 Å². The maximum Gasteiger partial charge on any atom is 0.270 e. The van der Waals surface area contributed by atoms with Crippen LogP contribution < -0.4 is 10.2 Å². The predicted octanol–water partition coefficient (Wildman–Crippen LogP) is 6.90. The minimum Gasteiger partial charge on any atom is -0.318 e. The van der Waals surface area contributed by atoms with Crippen LogP contribution in [-0.4, -0.2) is 21.5 Å². The summed E-state index contributed by atoms with van der Waals surface area (Å²) in [6.07, 6.45) is 1.59. The number of aromatic nitrogens is 1. The van der Waals surface area contributed by atoms with Gasteiger partial charge in [-0.2, -0.15) is 0 Å². The molecule has 1 fully saturated rings. The van der Waals surface area contributed by atoms with Gasteiger partial charge in [0.2, 0.25) is 0 Å². The highest BCUT2D eigenvalue weighted by molar-refractivity contribution is 7.80. The largest absolute Gasteiger partial charge is 0.318 e. The number of benzene rings is 3. The third kappa shape index (κ3) is 4.71. The van der Waals surface area contributed by atoms with E-state index in [9.17, 15) is 9.59 Å². The molecule has 8 heteroatoms. The zero-order valence-corrected chi connectivity index (χ0v) is 22.3. The number of aryl methyl sites for hydroxylation is 1. The third-order valence-corrected chi connectivity index (χ3v) is 7.08. The highest BCUT2D eigenvalue weighted by atomic mass is 35.5. The molecule has 2 amide bonds. The lowest BCUT2D eigenvalue weighted by atomic mass is 10.1. The fraction of sp³-hybridized carbons (Fsp3) is 0.0690. The van der Waals surface area contributed by atoms with Crippen molar-refractivity contribution in [1.29, 1.82) is 0 Å². The number of rotatable bonds is 4. The van der Waals surface area contributed by atoms with Crippen molar-refractivity contribution in [3.63, 3.8) is 0 Å². The number of anilines is 1. The molecule has 0 spiro atoms. The first-order chi connectivity index (χ1) is 17.7. The number of halogens is 2. The maximum absolute atomic E-state index is 13.4. The second-order valence-electron chi connectivity index (χ2n) is 8.63. The standard InChI is InChI=1S/C29H21Cl2N3O2S/c1-17-14-21(18(2)33(17)23-11-8-20(9-12-23)19-6-4-3-5-7-19)15-24-27(35)32-29(37)34(28(24)36)26-13-10-22(30)16-25(26)31/h3-16H,1-2H3,(H,32,35,37)/b24-15+. The summed E-state index contributed by atoms with van der Waals surface area (Å²) in [5.74, 6) is -1.12. The van der Waals surface area contributed by atoms with Gasteiger partial charge in [-0.3, -0.25) is 19.8 Å². The molecule has 5 nitrogen and oxygen atoms in total. The summed E-state index contributed by atoms with van der Waals surface area (Å²) in [5, 5.41) is 3.22. The molecule has 5 rings (SSSR count). The minimum atomic E-state index is -0.562. The van der Waals surface area contributed by atoms with E-state index in [-0.39, 0.29) is 15.7 Å². The average Bonchev–Trinajstić information content (AvgIpc) is 3.16. The molecule has 1 saturated heterocycles. The summed E-state index contributed by atoms with van der Waals surface area (Å²) in [7, 11) is 0. The molecule has 3 aromatic carbocycles.